The fraction of sp³-hybridized carbons (Fsp3) is 0.800. The number of piperazine rings is 1. The zero-order valence-corrected chi connectivity index (χ0v) is 9.32. The van der Waals surface area contributed by atoms with Crippen molar-refractivity contribution in [3.05, 3.63) is 0 Å². The normalized spacial score (nSPS) is 25.1. The molecule has 1 saturated heterocycles. The Balaban J connectivity index is 2.81. The Labute approximate surface area is 90.0 Å². The maximum Gasteiger partial charge on any atom is 0.243 e. The van der Waals surface area contributed by atoms with Crippen LogP contribution in [0, 0.1) is 0 Å². The number of hydrogen-bond acceptors (Lipinski definition) is 4. The van der Waals surface area contributed by atoms with Crippen LogP contribution in [0.2, 0.25) is 0 Å². The number of imide groups is 1. The van der Waals surface area contributed by atoms with E-state index in [1.54, 1.807) is 0 Å². The highest BCUT2D eigenvalue weighted by molar-refractivity contribution is 6.01. The molecule has 1 heterocycles. The number of nitrogens with two attached hydrogens (primary N) is 1. The third kappa shape index (κ3) is 2.54. The minimum absolute atomic E-state index is 0.116. The first-order valence-corrected chi connectivity index (χ1v) is 5.43. The van der Waals surface area contributed by atoms with Gasteiger partial charge in [-0.25, -0.2) is 0 Å². The number of rotatable bonds is 4. The van der Waals surface area contributed by atoms with E-state index in [0.717, 1.165) is 6.42 Å². The van der Waals surface area contributed by atoms with Crippen molar-refractivity contribution >= 4 is 11.8 Å². The number of carbonyl (C=O) groups excluding carboxylic acids is 2. The second kappa shape index (κ2) is 5.23. The average molecular weight is 213 g/mol. The summed E-state index contributed by atoms with van der Waals surface area (Å²) in [6.07, 6.45) is 1.56. The average Bonchev–Trinajstić information content (AvgIpc) is 2.19. The van der Waals surface area contributed by atoms with Gasteiger partial charge in [0.15, 0.2) is 0 Å². The van der Waals surface area contributed by atoms with Gasteiger partial charge in [-0.3, -0.25) is 19.8 Å². The van der Waals surface area contributed by atoms with Crippen molar-refractivity contribution < 1.29 is 9.59 Å². The van der Waals surface area contributed by atoms with E-state index in [4.69, 9.17) is 5.73 Å². The SMILES string of the molecule is CCC(CN)N1CC(=O)NC(=O)C1CC. The van der Waals surface area contributed by atoms with E-state index in [2.05, 4.69) is 5.32 Å². The third-order valence-corrected chi connectivity index (χ3v) is 2.89. The number of nitrogens with zero attached hydrogens (tertiary/aromatic N) is 1. The van der Waals surface area contributed by atoms with Crippen LogP contribution < -0.4 is 11.1 Å². The standard InChI is InChI=1S/C10H19N3O2/c1-3-7(5-11)13-6-9(14)12-10(15)8(13)4-2/h7-8H,3-6,11H2,1-2H3,(H,12,14,15). The van der Waals surface area contributed by atoms with Gasteiger partial charge in [-0.2, -0.15) is 0 Å². The first-order valence-electron chi connectivity index (χ1n) is 5.43. The maximum absolute atomic E-state index is 11.6. The Hall–Kier alpha value is -0.940. The topological polar surface area (TPSA) is 75.4 Å². The maximum atomic E-state index is 11.6. The molecule has 2 atom stereocenters. The summed E-state index contributed by atoms with van der Waals surface area (Å²) in [5.41, 5.74) is 5.64. The van der Waals surface area contributed by atoms with Gasteiger partial charge >= 0.3 is 0 Å². The van der Waals surface area contributed by atoms with Crippen LogP contribution in [0.25, 0.3) is 0 Å². The van der Waals surface area contributed by atoms with Gasteiger partial charge < -0.3 is 5.73 Å². The molecule has 1 fully saturated rings. The van der Waals surface area contributed by atoms with Crippen LogP contribution in [-0.2, 0) is 9.59 Å². The Kier molecular flexibility index (Phi) is 4.23. The van der Waals surface area contributed by atoms with Crippen molar-refractivity contribution in [3.8, 4) is 0 Å². The van der Waals surface area contributed by atoms with Gasteiger partial charge in [-0.15, -0.1) is 0 Å². The lowest BCUT2D eigenvalue weighted by Gasteiger charge is -2.38. The minimum atomic E-state index is -0.225. The van der Waals surface area contributed by atoms with Crippen molar-refractivity contribution in [1.29, 1.82) is 0 Å². The van der Waals surface area contributed by atoms with Crippen LogP contribution in [0.3, 0.4) is 0 Å². The van der Waals surface area contributed by atoms with E-state index >= 15 is 0 Å². The highest BCUT2D eigenvalue weighted by Gasteiger charge is 2.35. The number of carbonyl (C=O) groups is 2. The Bertz CT molecular complexity index is 251. The van der Waals surface area contributed by atoms with Crippen molar-refractivity contribution in [2.45, 2.75) is 38.8 Å². The highest BCUT2D eigenvalue weighted by Crippen LogP contribution is 2.14. The molecule has 86 valence electrons. The largest absolute Gasteiger partial charge is 0.329 e. The van der Waals surface area contributed by atoms with Crippen LogP contribution in [0.5, 0.6) is 0 Å². The van der Waals surface area contributed by atoms with Crippen LogP contribution in [0.4, 0.5) is 0 Å². The smallest absolute Gasteiger partial charge is 0.243 e. The second-order valence-electron chi connectivity index (χ2n) is 3.81. The van der Waals surface area contributed by atoms with E-state index in [0.29, 0.717) is 13.0 Å². The molecule has 1 aliphatic heterocycles. The van der Waals surface area contributed by atoms with Gasteiger partial charge in [0.1, 0.15) is 0 Å². The molecule has 2 unspecified atom stereocenters. The number of amides is 2. The molecule has 5 heteroatoms. The van der Waals surface area contributed by atoms with Gasteiger partial charge in [0.05, 0.1) is 12.6 Å². The quantitative estimate of drug-likeness (QED) is 0.615. The van der Waals surface area contributed by atoms with E-state index in [9.17, 15) is 9.59 Å². The molecule has 5 nitrogen and oxygen atoms in total. The molecule has 1 aliphatic rings. The third-order valence-electron chi connectivity index (χ3n) is 2.89. The van der Waals surface area contributed by atoms with Crippen molar-refractivity contribution in [2.75, 3.05) is 13.1 Å². The van der Waals surface area contributed by atoms with Crippen molar-refractivity contribution in [1.82, 2.24) is 10.2 Å². The molecule has 15 heavy (non-hydrogen) atoms. The number of nitrogens with one attached hydrogen (secondary N) is 1. The van der Waals surface area contributed by atoms with Crippen LogP contribution in [0.15, 0.2) is 0 Å². The zero-order chi connectivity index (χ0) is 11.4. The first kappa shape index (κ1) is 12.1. The predicted octanol–water partition coefficient (Wildman–Crippen LogP) is -0.539. The molecule has 2 amide bonds. The molecule has 0 aromatic carbocycles. The molecule has 0 aliphatic carbocycles. The molecule has 0 aromatic rings. The number of hydrogen-bond donors (Lipinski definition) is 2. The predicted molar refractivity (Wildman–Crippen MR) is 57.1 cm³/mol. The molecule has 0 spiro atoms. The van der Waals surface area contributed by atoms with E-state index in [-0.39, 0.29) is 30.4 Å². The summed E-state index contributed by atoms with van der Waals surface area (Å²) in [7, 11) is 0. The Morgan fingerprint density at radius 1 is 1.53 bits per heavy atom. The van der Waals surface area contributed by atoms with E-state index in [1.807, 2.05) is 18.7 Å². The van der Waals surface area contributed by atoms with Crippen LogP contribution in [-0.4, -0.2) is 41.9 Å². The fourth-order valence-corrected chi connectivity index (χ4v) is 2.03. The lowest BCUT2D eigenvalue weighted by molar-refractivity contribution is -0.141. The summed E-state index contributed by atoms with van der Waals surface area (Å²) in [5.74, 6) is -0.419. The summed E-state index contributed by atoms with van der Waals surface area (Å²) in [5, 5.41) is 2.35. The molecular weight excluding hydrogens is 194 g/mol. The molecule has 3 N–H and O–H groups in total. The van der Waals surface area contributed by atoms with E-state index < -0.39 is 0 Å². The van der Waals surface area contributed by atoms with Gasteiger partial charge in [0.25, 0.3) is 0 Å². The lowest BCUT2D eigenvalue weighted by atomic mass is 10.0. The molecule has 1 rings (SSSR count). The monoisotopic (exact) mass is 213 g/mol. The second-order valence-corrected chi connectivity index (χ2v) is 3.81. The highest BCUT2D eigenvalue weighted by atomic mass is 16.2. The Morgan fingerprint density at radius 3 is 2.67 bits per heavy atom. The summed E-state index contributed by atoms with van der Waals surface area (Å²) >= 11 is 0. The molecule has 0 saturated carbocycles. The van der Waals surface area contributed by atoms with Crippen molar-refractivity contribution in [3.63, 3.8) is 0 Å². The van der Waals surface area contributed by atoms with E-state index in [1.165, 1.54) is 0 Å². The minimum Gasteiger partial charge on any atom is -0.329 e. The summed E-state index contributed by atoms with van der Waals surface area (Å²) in [6, 6.07) is -0.0962. The fourth-order valence-electron chi connectivity index (χ4n) is 2.03. The van der Waals surface area contributed by atoms with Crippen LogP contribution in [0.1, 0.15) is 26.7 Å². The summed E-state index contributed by atoms with van der Waals surface area (Å²) in [6.45, 7) is 4.71. The summed E-state index contributed by atoms with van der Waals surface area (Å²) in [4.78, 5) is 24.8. The first-order chi connectivity index (χ1) is 7.13. The zero-order valence-electron chi connectivity index (χ0n) is 9.32. The molecular formula is C10H19N3O2. The lowest BCUT2D eigenvalue weighted by Crippen LogP contribution is -2.61. The summed E-state index contributed by atoms with van der Waals surface area (Å²) < 4.78 is 0. The van der Waals surface area contributed by atoms with Gasteiger partial charge in [0, 0.05) is 12.6 Å². The van der Waals surface area contributed by atoms with Crippen LogP contribution >= 0.6 is 0 Å². The Morgan fingerprint density at radius 2 is 2.20 bits per heavy atom. The van der Waals surface area contributed by atoms with Gasteiger partial charge in [-0.1, -0.05) is 13.8 Å². The van der Waals surface area contributed by atoms with Gasteiger partial charge in [-0.05, 0) is 12.8 Å². The molecule has 0 bridgehead atoms. The van der Waals surface area contributed by atoms with Crippen molar-refractivity contribution in [2.24, 2.45) is 5.73 Å². The molecule has 0 radical (unpaired) electrons. The molecule has 0 aromatic heterocycles. The van der Waals surface area contributed by atoms with Gasteiger partial charge in [0.2, 0.25) is 11.8 Å².